The predicted molar refractivity (Wildman–Crippen MR) is 69.9 cm³/mol. The topological polar surface area (TPSA) is 76.2 Å². The zero-order valence-electron chi connectivity index (χ0n) is 10.8. The number of nitrogens with one attached hydrogen (secondary N) is 1. The molecule has 0 spiro atoms. The SMILES string of the molecule is CCN1CCCC1CNC(=O)Cn1ccc(N)n1. The Morgan fingerprint density at radius 3 is 3.17 bits per heavy atom. The third kappa shape index (κ3) is 3.22. The largest absolute Gasteiger partial charge is 0.382 e. The van der Waals surface area contributed by atoms with E-state index in [9.17, 15) is 4.79 Å². The summed E-state index contributed by atoms with van der Waals surface area (Å²) in [6, 6.07) is 2.17. The maximum absolute atomic E-state index is 11.7. The van der Waals surface area contributed by atoms with Crippen molar-refractivity contribution >= 4 is 11.7 Å². The van der Waals surface area contributed by atoms with Crippen molar-refractivity contribution in [3.05, 3.63) is 12.3 Å². The highest BCUT2D eigenvalue weighted by Gasteiger charge is 2.22. The minimum atomic E-state index is -0.0129. The minimum Gasteiger partial charge on any atom is -0.382 e. The van der Waals surface area contributed by atoms with Gasteiger partial charge >= 0.3 is 0 Å². The molecular weight excluding hydrogens is 230 g/mol. The van der Waals surface area contributed by atoms with Crippen LogP contribution in [0.25, 0.3) is 0 Å². The zero-order valence-corrected chi connectivity index (χ0v) is 10.8. The molecule has 1 aliphatic rings. The predicted octanol–water partition coefficient (Wildman–Crippen LogP) is 0.0658. The van der Waals surface area contributed by atoms with E-state index < -0.39 is 0 Å². The minimum absolute atomic E-state index is 0.0129. The van der Waals surface area contributed by atoms with Gasteiger partial charge in [0.2, 0.25) is 5.91 Å². The molecular formula is C12H21N5O. The van der Waals surface area contributed by atoms with Crippen molar-refractivity contribution in [2.45, 2.75) is 32.4 Å². The van der Waals surface area contributed by atoms with Gasteiger partial charge in [0.25, 0.3) is 0 Å². The molecule has 1 unspecified atom stereocenters. The van der Waals surface area contributed by atoms with Gasteiger partial charge in [-0.25, -0.2) is 0 Å². The second kappa shape index (κ2) is 5.86. The summed E-state index contributed by atoms with van der Waals surface area (Å²) in [6.07, 6.45) is 4.11. The van der Waals surface area contributed by atoms with E-state index in [1.165, 1.54) is 12.8 Å². The van der Waals surface area contributed by atoms with E-state index in [4.69, 9.17) is 5.73 Å². The van der Waals surface area contributed by atoms with Crippen molar-refractivity contribution in [3.63, 3.8) is 0 Å². The lowest BCUT2D eigenvalue weighted by molar-refractivity contribution is -0.122. The van der Waals surface area contributed by atoms with Crippen LogP contribution in [0, 0.1) is 0 Å². The average Bonchev–Trinajstić information content (AvgIpc) is 2.95. The molecule has 1 aromatic rings. The lowest BCUT2D eigenvalue weighted by atomic mass is 10.2. The van der Waals surface area contributed by atoms with E-state index in [-0.39, 0.29) is 12.5 Å². The molecule has 2 rings (SSSR count). The summed E-state index contributed by atoms with van der Waals surface area (Å²) in [7, 11) is 0. The van der Waals surface area contributed by atoms with Crippen LogP contribution >= 0.6 is 0 Å². The van der Waals surface area contributed by atoms with E-state index in [1.54, 1.807) is 16.9 Å². The molecule has 0 saturated carbocycles. The first-order valence-corrected chi connectivity index (χ1v) is 6.48. The fourth-order valence-corrected chi connectivity index (χ4v) is 2.44. The zero-order chi connectivity index (χ0) is 13.0. The number of nitrogens with two attached hydrogens (primary N) is 1. The molecule has 6 nitrogen and oxygen atoms in total. The second-order valence-electron chi connectivity index (χ2n) is 4.67. The lowest BCUT2D eigenvalue weighted by Crippen LogP contribution is -2.41. The van der Waals surface area contributed by atoms with Crippen molar-refractivity contribution in [1.29, 1.82) is 0 Å². The lowest BCUT2D eigenvalue weighted by Gasteiger charge is -2.22. The van der Waals surface area contributed by atoms with Crippen molar-refractivity contribution in [2.75, 3.05) is 25.4 Å². The Hall–Kier alpha value is -1.56. The molecule has 1 amide bonds. The van der Waals surface area contributed by atoms with Crippen molar-refractivity contribution in [3.8, 4) is 0 Å². The smallest absolute Gasteiger partial charge is 0.241 e. The number of anilines is 1. The first kappa shape index (κ1) is 12.9. The second-order valence-corrected chi connectivity index (χ2v) is 4.67. The Morgan fingerprint density at radius 2 is 2.50 bits per heavy atom. The number of likely N-dealkylation sites (N-methyl/N-ethyl adjacent to an activating group) is 1. The molecule has 3 N–H and O–H groups in total. The number of rotatable bonds is 5. The summed E-state index contributed by atoms with van der Waals surface area (Å²) in [5.74, 6) is 0.428. The fraction of sp³-hybridized carbons (Fsp3) is 0.667. The Bertz CT molecular complexity index is 403. The number of carbonyl (C=O) groups excluding carboxylic acids is 1. The standard InChI is InChI=1S/C12H21N5O/c1-2-16-6-3-4-10(16)8-14-12(18)9-17-7-5-11(13)15-17/h5,7,10H,2-4,6,8-9H2,1H3,(H2,13,15)(H,14,18). The molecule has 1 fully saturated rings. The summed E-state index contributed by atoms with van der Waals surface area (Å²) in [5, 5.41) is 6.95. The van der Waals surface area contributed by atoms with Crippen LogP contribution in [0.5, 0.6) is 0 Å². The summed E-state index contributed by atoms with van der Waals surface area (Å²) in [5.41, 5.74) is 5.49. The van der Waals surface area contributed by atoms with Gasteiger partial charge in [-0.3, -0.25) is 14.4 Å². The summed E-state index contributed by atoms with van der Waals surface area (Å²) >= 11 is 0. The van der Waals surface area contributed by atoms with Gasteiger partial charge < -0.3 is 11.1 Å². The Balaban J connectivity index is 1.74. The number of aromatic nitrogens is 2. The van der Waals surface area contributed by atoms with Crippen LogP contribution in [-0.2, 0) is 11.3 Å². The first-order chi connectivity index (χ1) is 8.69. The molecule has 1 aromatic heterocycles. The molecule has 0 radical (unpaired) electrons. The van der Waals surface area contributed by atoms with E-state index >= 15 is 0 Å². The number of nitrogens with zero attached hydrogens (tertiary/aromatic N) is 3. The van der Waals surface area contributed by atoms with Gasteiger partial charge in [-0.2, -0.15) is 5.10 Å². The highest BCUT2D eigenvalue weighted by molar-refractivity contribution is 5.75. The third-order valence-electron chi connectivity index (χ3n) is 3.41. The maximum atomic E-state index is 11.7. The number of hydrogen-bond acceptors (Lipinski definition) is 4. The number of carbonyl (C=O) groups is 1. The number of hydrogen-bond donors (Lipinski definition) is 2. The molecule has 0 aromatic carbocycles. The summed E-state index contributed by atoms with van der Waals surface area (Å²) < 4.78 is 1.55. The van der Waals surface area contributed by atoms with Gasteiger partial charge in [0.15, 0.2) is 0 Å². The Labute approximate surface area is 107 Å². The van der Waals surface area contributed by atoms with Crippen molar-refractivity contribution in [1.82, 2.24) is 20.0 Å². The van der Waals surface area contributed by atoms with Crippen molar-refractivity contribution < 1.29 is 4.79 Å². The monoisotopic (exact) mass is 251 g/mol. The average molecular weight is 251 g/mol. The van der Waals surface area contributed by atoms with Crippen LogP contribution in [-0.4, -0.2) is 46.3 Å². The third-order valence-corrected chi connectivity index (χ3v) is 3.41. The normalized spacial score (nSPS) is 20.2. The Morgan fingerprint density at radius 1 is 1.67 bits per heavy atom. The number of nitrogen functional groups attached to an aromatic ring is 1. The van der Waals surface area contributed by atoms with Crippen LogP contribution in [0.1, 0.15) is 19.8 Å². The van der Waals surface area contributed by atoms with Crippen LogP contribution < -0.4 is 11.1 Å². The van der Waals surface area contributed by atoms with E-state index in [2.05, 4.69) is 22.2 Å². The highest BCUT2D eigenvalue weighted by atomic mass is 16.2. The van der Waals surface area contributed by atoms with Crippen LogP contribution in [0.15, 0.2) is 12.3 Å². The van der Waals surface area contributed by atoms with Gasteiger partial charge in [-0.1, -0.05) is 6.92 Å². The van der Waals surface area contributed by atoms with E-state index in [0.29, 0.717) is 11.9 Å². The molecule has 2 heterocycles. The van der Waals surface area contributed by atoms with E-state index in [1.807, 2.05) is 0 Å². The van der Waals surface area contributed by atoms with Gasteiger partial charge in [0, 0.05) is 18.8 Å². The molecule has 1 saturated heterocycles. The summed E-state index contributed by atoms with van der Waals surface area (Å²) in [6.45, 7) is 5.31. The van der Waals surface area contributed by atoms with Crippen molar-refractivity contribution in [2.24, 2.45) is 0 Å². The number of amides is 1. The molecule has 1 aliphatic heterocycles. The molecule has 0 bridgehead atoms. The van der Waals surface area contributed by atoms with Gasteiger partial charge in [0.1, 0.15) is 12.4 Å². The van der Waals surface area contributed by atoms with Crippen LogP contribution in [0.3, 0.4) is 0 Å². The number of likely N-dealkylation sites (tertiary alicyclic amines) is 1. The molecule has 6 heteroatoms. The van der Waals surface area contributed by atoms with Gasteiger partial charge in [0.05, 0.1) is 0 Å². The summed E-state index contributed by atoms with van der Waals surface area (Å²) in [4.78, 5) is 14.2. The maximum Gasteiger partial charge on any atom is 0.241 e. The van der Waals surface area contributed by atoms with E-state index in [0.717, 1.165) is 19.6 Å². The van der Waals surface area contributed by atoms with Crippen LogP contribution in [0.2, 0.25) is 0 Å². The Kier molecular flexibility index (Phi) is 4.19. The molecule has 0 aliphatic carbocycles. The quantitative estimate of drug-likeness (QED) is 0.776. The molecule has 1 atom stereocenters. The fourth-order valence-electron chi connectivity index (χ4n) is 2.44. The van der Waals surface area contributed by atoms with Gasteiger partial charge in [-0.15, -0.1) is 0 Å². The molecule has 100 valence electrons. The first-order valence-electron chi connectivity index (χ1n) is 6.48. The van der Waals surface area contributed by atoms with Gasteiger partial charge in [-0.05, 0) is 32.0 Å². The highest BCUT2D eigenvalue weighted by Crippen LogP contribution is 2.15. The molecule has 18 heavy (non-hydrogen) atoms. The van der Waals surface area contributed by atoms with Crippen LogP contribution in [0.4, 0.5) is 5.82 Å².